The molecule has 0 atom stereocenters. The van der Waals surface area contributed by atoms with Crippen LogP contribution in [0.2, 0.25) is 0 Å². The summed E-state index contributed by atoms with van der Waals surface area (Å²) in [6.07, 6.45) is 7.61. The smallest absolute Gasteiger partial charge is 0.330 e. The van der Waals surface area contributed by atoms with E-state index in [2.05, 4.69) is 34.0 Å². The Balaban J connectivity index is 1.50. The zero-order valence-corrected chi connectivity index (χ0v) is 21.5. The van der Waals surface area contributed by atoms with E-state index in [1.54, 1.807) is 6.20 Å². The van der Waals surface area contributed by atoms with Crippen molar-refractivity contribution >= 4 is 28.6 Å². The molecule has 0 spiro atoms. The van der Waals surface area contributed by atoms with Gasteiger partial charge in [0, 0.05) is 39.0 Å². The van der Waals surface area contributed by atoms with Crippen molar-refractivity contribution in [3.05, 3.63) is 45.0 Å². The number of nitrogens with zero attached hydrogens (tertiary/aromatic N) is 5. The van der Waals surface area contributed by atoms with Gasteiger partial charge in [-0.3, -0.25) is 19.1 Å². The Morgan fingerprint density at radius 1 is 1.14 bits per heavy atom. The first-order valence-corrected chi connectivity index (χ1v) is 13.1. The van der Waals surface area contributed by atoms with Crippen LogP contribution < -0.4 is 21.5 Å². The predicted molar refractivity (Wildman–Crippen MR) is 142 cm³/mol. The van der Waals surface area contributed by atoms with Crippen molar-refractivity contribution < 1.29 is 4.79 Å². The molecule has 0 unspecified atom stereocenters. The number of rotatable bonds is 10. The molecule has 3 aromatic rings. The third-order valence-electron chi connectivity index (χ3n) is 6.53. The van der Waals surface area contributed by atoms with E-state index in [-0.39, 0.29) is 18.2 Å². The monoisotopic (exact) mass is 495 g/mol. The number of fused-ring (bicyclic) bond motifs is 1. The van der Waals surface area contributed by atoms with Crippen LogP contribution in [0.25, 0.3) is 11.2 Å². The molecule has 1 aliphatic heterocycles. The van der Waals surface area contributed by atoms with Crippen LogP contribution in [-0.4, -0.2) is 43.1 Å². The summed E-state index contributed by atoms with van der Waals surface area (Å²) in [5.74, 6) is 1.68. The van der Waals surface area contributed by atoms with Crippen molar-refractivity contribution in [3.8, 4) is 0 Å². The van der Waals surface area contributed by atoms with Crippen molar-refractivity contribution in [1.82, 2.24) is 24.1 Å². The number of pyridine rings is 1. The number of aromatic amines is 1. The first-order chi connectivity index (χ1) is 17.4. The fraction of sp³-hybridized carbons (Fsp3) is 0.577. The Hall–Kier alpha value is -3.43. The fourth-order valence-corrected chi connectivity index (χ4v) is 4.71. The van der Waals surface area contributed by atoms with Crippen LogP contribution in [0.4, 0.5) is 11.5 Å². The molecular weight excluding hydrogens is 458 g/mol. The molecule has 0 aromatic carbocycles. The summed E-state index contributed by atoms with van der Waals surface area (Å²) < 4.78 is 3.40. The molecule has 10 nitrogen and oxygen atoms in total. The van der Waals surface area contributed by atoms with Gasteiger partial charge in [0.25, 0.3) is 5.56 Å². The average Bonchev–Trinajstić information content (AvgIpc) is 3.21. The molecule has 36 heavy (non-hydrogen) atoms. The van der Waals surface area contributed by atoms with Gasteiger partial charge in [0.15, 0.2) is 11.2 Å². The molecule has 10 heteroatoms. The van der Waals surface area contributed by atoms with Gasteiger partial charge in [-0.25, -0.2) is 14.8 Å². The maximum absolute atomic E-state index is 12.7. The number of hydrogen-bond donors (Lipinski definition) is 2. The molecule has 0 bridgehead atoms. The Morgan fingerprint density at radius 3 is 2.58 bits per heavy atom. The second-order valence-corrected chi connectivity index (χ2v) is 9.97. The number of amides is 1. The van der Waals surface area contributed by atoms with Crippen LogP contribution in [0.1, 0.15) is 65.1 Å². The van der Waals surface area contributed by atoms with Crippen LogP contribution in [0.15, 0.2) is 27.9 Å². The maximum atomic E-state index is 12.7. The first-order valence-electron chi connectivity index (χ1n) is 13.1. The SMILES string of the molecule is CCCCn1c(=O)[nH]c(=O)c2c1nc(CCC(=O)Nc1ccc(N3CCCCC3)nc1)n2CC(C)C. The van der Waals surface area contributed by atoms with Crippen LogP contribution in [-0.2, 0) is 24.3 Å². The Labute approximate surface area is 210 Å². The molecule has 1 amide bonds. The zero-order valence-electron chi connectivity index (χ0n) is 21.5. The molecular formula is C26H37N7O3. The van der Waals surface area contributed by atoms with Gasteiger partial charge in [-0.15, -0.1) is 0 Å². The molecule has 4 rings (SSSR count). The molecule has 3 aromatic heterocycles. The highest BCUT2D eigenvalue weighted by Crippen LogP contribution is 2.20. The Kier molecular flexibility index (Phi) is 8.22. The maximum Gasteiger partial charge on any atom is 0.330 e. The van der Waals surface area contributed by atoms with Crippen molar-refractivity contribution in [3.63, 3.8) is 0 Å². The van der Waals surface area contributed by atoms with Crippen molar-refractivity contribution in [2.24, 2.45) is 5.92 Å². The number of hydrogen-bond acceptors (Lipinski definition) is 6. The van der Waals surface area contributed by atoms with E-state index >= 15 is 0 Å². The number of carbonyl (C=O) groups is 1. The van der Waals surface area contributed by atoms with Gasteiger partial charge in [-0.2, -0.15) is 0 Å². The molecule has 4 heterocycles. The lowest BCUT2D eigenvalue weighted by Gasteiger charge is -2.27. The molecule has 2 N–H and O–H groups in total. The van der Waals surface area contributed by atoms with Crippen molar-refractivity contribution in [1.29, 1.82) is 0 Å². The minimum absolute atomic E-state index is 0.150. The van der Waals surface area contributed by atoms with Crippen LogP contribution in [0, 0.1) is 5.92 Å². The summed E-state index contributed by atoms with van der Waals surface area (Å²) >= 11 is 0. The number of unbranched alkanes of at least 4 members (excludes halogenated alkanes) is 1. The van der Waals surface area contributed by atoms with Gasteiger partial charge in [0.2, 0.25) is 5.91 Å². The molecule has 1 aliphatic rings. The van der Waals surface area contributed by atoms with E-state index in [0.29, 0.717) is 42.2 Å². The van der Waals surface area contributed by atoms with E-state index in [1.807, 2.05) is 23.6 Å². The molecule has 1 saturated heterocycles. The quantitative estimate of drug-likeness (QED) is 0.446. The van der Waals surface area contributed by atoms with Gasteiger partial charge >= 0.3 is 5.69 Å². The van der Waals surface area contributed by atoms with Crippen LogP contribution in [0.5, 0.6) is 0 Å². The summed E-state index contributed by atoms with van der Waals surface area (Å²) in [6.45, 7) is 9.27. The normalized spacial score (nSPS) is 14.1. The average molecular weight is 496 g/mol. The number of carbonyl (C=O) groups excluding carboxylic acids is 1. The third kappa shape index (κ3) is 5.85. The van der Waals surface area contributed by atoms with E-state index in [9.17, 15) is 14.4 Å². The summed E-state index contributed by atoms with van der Waals surface area (Å²) in [5, 5.41) is 2.92. The summed E-state index contributed by atoms with van der Waals surface area (Å²) in [7, 11) is 0. The minimum Gasteiger partial charge on any atom is -0.357 e. The van der Waals surface area contributed by atoms with Crippen LogP contribution in [0.3, 0.4) is 0 Å². The summed E-state index contributed by atoms with van der Waals surface area (Å²) in [6, 6.07) is 3.83. The van der Waals surface area contributed by atoms with E-state index < -0.39 is 11.2 Å². The van der Waals surface area contributed by atoms with Crippen LogP contribution >= 0.6 is 0 Å². The first kappa shape index (κ1) is 25.7. The van der Waals surface area contributed by atoms with Crippen molar-refractivity contribution in [2.75, 3.05) is 23.3 Å². The van der Waals surface area contributed by atoms with Gasteiger partial charge < -0.3 is 14.8 Å². The number of aromatic nitrogens is 5. The standard InChI is InChI=1S/C26H37N7O3/c1-4-5-15-32-24-23(25(35)30-26(32)36)33(17-18(2)3)21(29-24)11-12-22(34)28-19-9-10-20(27-16-19)31-13-7-6-8-14-31/h9-10,16,18H,4-8,11-15,17H2,1-3H3,(H,28,34)(H,30,35,36). The lowest BCUT2D eigenvalue weighted by molar-refractivity contribution is -0.116. The molecule has 0 radical (unpaired) electrons. The predicted octanol–water partition coefficient (Wildman–Crippen LogP) is 3.30. The topological polar surface area (TPSA) is 118 Å². The zero-order chi connectivity index (χ0) is 25.7. The van der Waals surface area contributed by atoms with Gasteiger partial charge in [0.1, 0.15) is 11.6 Å². The number of nitrogens with one attached hydrogen (secondary N) is 2. The number of anilines is 2. The highest BCUT2D eigenvalue weighted by atomic mass is 16.2. The highest BCUT2D eigenvalue weighted by molar-refractivity contribution is 5.90. The van der Waals surface area contributed by atoms with Gasteiger partial charge in [-0.05, 0) is 43.7 Å². The number of piperidine rings is 1. The summed E-state index contributed by atoms with van der Waals surface area (Å²) in [5.41, 5.74) is 0.561. The van der Waals surface area contributed by atoms with E-state index in [1.165, 1.54) is 23.8 Å². The Bertz CT molecular complexity index is 1300. The number of H-pyrrole nitrogens is 1. The third-order valence-corrected chi connectivity index (χ3v) is 6.53. The second-order valence-electron chi connectivity index (χ2n) is 9.97. The molecule has 0 aliphatic carbocycles. The van der Waals surface area contributed by atoms with Gasteiger partial charge in [-0.1, -0.05) is 27.2 Å². The largest absolute Gasteiger partial charge is 0.357 e. The highest BCUT2D eigenvalue weighted by Gasteiger charge is 2.20. The molecule has 194 valence electrons. The second kappa shape index (κ2) is 11.5. The van der Waals surface area contributed by atoms with E-state index in [4.69, 9.17) is 4.98 Å². The fourth-order valence-electron chi connectivity index (χ4n) is 4.71. The number of imidazole rings is 1. The summed E-state index contributed by atoms with van der Waals surface area (Å²) in [4.78, 5) is 51.9. The molecule has 0 saturated carbocycles. The van der Waals surface area contributed by atoms with Gasteiger partial charge in [0.05, 0.1) is 11.9 Å². The van der Waals surface area contributed by atoms with E-state index in [0.717, 1.165) is 31.7 Å². The number of aryl methyl sites for hydroxylation is 2. The molecule has 1 fully saturated rings. The lowest BCUT2D eigenvalue weighted by atomic mass is 10.1. The lowest BCUT2D eigenvalue weighted by Crippen LogP contribution is -2.31. The minimum atomic E-state index is -0.444. The van der Waals surface area contributed by atoms with Crippen molar-refractivity contribution in [2.45, 2.75) is 78.8 Å². The Morgan fingerprint density at radius 2 is 1.92 bits per heavy atom.